The summed E-state index contributed by atoms with van der Waals surface area (Å²) in [4.78, 5) is 11.4. The first-order chi connectivity index (χ1) is 7.04. The highest BCUT2D eigenvalue weighted by molar-refractivity contribution is 5.81. The van der Waals surface area contributed by atoms with Crippen molar-refractivity contribution in [1.29, 1.82) is 0 Å². The molecule has 1 rings (SSSR count). The minimum Gasteiger partial charge on any atom is -0.394 e. The Hall–Kier alpha value is -0.650. The first-order valence-corrected chi connectivity index (χ1v) is 5.39. The number of aliphatic hydroxyl groups excluding tert-OH is 2. The van der Waals surface area contributed by atoms with Gasteiger partial charge >= 0.3 is 0 Å². The number of nitrogens with one attached hydrogen (secondary N) is 1. The van der Waals surface area contributed by atoms with Gasteiger partial charge in [0.05, 0.1) is 12.7 Å². The normalized spacial score (nSPS) is 33.5. The molecule has 1 aliphatic rings. The average molecular weight is 216 g/mol. The van der Waals surface area contributed by atoms with Gasteiger partial charge in [-0.25, -0.2) is 0 Å². The van der Waals surface area contributed by atoms with Gasteiger partial charge in [-0.3, -0.25) is 4.79 Å². The summed E-state index contributed by atoms with van der Waals surface area (Å²) in [5.74, 6) is -0.111. The Morgan fingerprint density at radius 2 is 2.27 bits per heavy atom. The van der Waals surface area contributed by atoms with Crippen molar-refractivity contribution >= 4 is 5.91 Å². The van der Waals surface area contributed by atoms with Crippen LogP contribution in [0.1, 0.15) is 26.2 Å². The molecule has 1 amide bonds. The van der Waals surface area contributed by atoms with E-state index in [-0.39, 0.29) is 30.6 Å². The molecule has 88 valence electrons. The molecule has 1 unspecified atom stereocenters. The molecule has 1 fully saturated rings. The number of amides is 1. The van der Waals surface area contributed by atoms with Crippen LogP contribution in [0.5, 0.6) is 0 Å². The van der Waals surface area contributed by atoms with Crippen LogP contribution in [0.3, 0.4) is 0 Å². The standard InChI is InChI=1S/C10H20N2O3/c1-6-4-7(2-3-9(6)14)12-10(15)8(11)5-13/h6-9,13-14H,2-5,11H2,1H3,(H,12,15)/t6-,7+,8-,9?/m1/s1. The largest absolute Gasteiger partial charge is 0.394 e. The molecule has 5 nitrogen and oxygen atoms in total. The summed E-state index contributed by atoms with van der Waals surface area (Å²) in [6, 6.07) is -0.763. The monoisotopic (exact) mass is 216 g/mol. The predicted molar refractivity (Wildman–Crippen MR) is 56.0 cm³/mol. The molecule has 0 heterocycles. The van der Waals surface area contributed by atoms with Gasteiger partial charge in [0.2, 0.25) is 5.91 Å². The third kappa shape index (κ3) is 3.44. The third-order valence-corrected chi connectivity index (χ3v) is 3.00. The van der Waals surface area contributed by atoms with Crippen LogP contribution in [0.2, 0.25) is 0 Å². The lowest BCUT2D eigenvalue weighted by Crippen LogP contribution is -2.49. The molecule has 4 atom stereocenters. The molecule has 0 aromatic rings. The summed E-state index contributed by atoms with van der Waals surface area (Å²) in [5, 5.41) is 21.0. The van der Waals surface area contributed by atoms with Gasteiger partial charge in [0.1, 0.15) is 6.04 Å². The van der Waals surface area contributed by atoms with E-state index < -0.39 is 6.04 Å². The zero-order valence-corrected chi connectivity index (χ0v) is 9.02. The van der Waals surface area contributed by atoms with Gasteiger partial charge in [0, 0.05) is 6.04 Å². The molecule has 0 spiro atoms. The molecule has 0 saturated heterocycles. The SMILES string of the molecule is C[C@@H]1C[C@@H](NC(=O)[C@H](N)CO)CCC1O. The van der Waals surface area contributed by atoms with Gasteiger partial charge < -0.3 is 21.3 Å². The fraction of sp³-hybridized carbons (Fsp3) is 0.900. The Kier molecular flexibility index (Phi) is 4.50. The van der Waals surface area contributed by atoms with Crippen molar-refractivity contribution in [3.05, 3.63) is 0 Å². The Balaban J connectivity index is 2.36. The summed E-state index contributed by atoms with van der Waals surface area (Å²) in [6.45, 7) is 1.63. The fourth-order valence-corrected chi connectivity index (χ4v) is 1.90. The van der Waals surface area contributed by atoms with E-state index in [1.54, 1.807) is 0 Å². The van der Waals surface area contributed by atoms with Crippen molar-refractivity contribution in [3.8, 4) is 0 Å². The van der Waals surface area contributed by atoms with E-state index in [1.165, 1.54) is 0 Å². The minimum absolute atomic E-state index is 0.0773. The number of rotatable bonds is 3. The second kappa shape index (κ2) is 5.44. The number of hydrogen-bond donors (Lipinski definition) is 4. The van der Waals surface area contributed by atoms with Gasteiger partial charge in [-0.15, -0.1) is 0 Å². The second-order valence-corrected chi connectivity index (χ2v) is 4.35. The molecule has 0 bridgehead atoms. The minimum atomic E-state index is -0.841. The van der Waals surface area contributed by atoms with Crippen LogP contribution in [0, 0.1) is 5.92 Å². The molecular formula is C10H20N2O3. The quantitative estimate of drug-likeness (QED) is 0.485. The van der Waals surface area contributed by atoms with Crippen LogP contribution in [0.15, 0.2) is 0 Å². The molecule has 5 N–H and O–H groups in total. The van der Waals surface area contributed by atoms with Crippen LogP contribution < -0.4 is 11.1 Å². The Bertz CT molecular complexity index is 223. The number of hydrogen-bond acceptors (Lipinski definition) is 4. The van der Waals surface area contributed by atoms with E-state index in [1.807, 2.05) is 6.92 Å². The predicted octanol–water partition coefficient (Wildman–Crippen LogP) is -1.03. The summed E-state index contributed by atoms with van der Waals surface area (Å²) in [7, 11) is 0. The van der Waals surface area contributed by atoms with Crippen molar-refractivity contribution < 1.29 is 15.0 Å². The Morgan fingerprint density at radius 3 is 2.80 bits per heavy atom. The van der Waals surface area contributed by atoms with Crippen LogP contribution >= 0.6 is 0 Å². The van der Waals surface area contributed by atoms with Crippen molar-refractivity contribution in [2.75, 3.05) is 6.61 Å². The summed E-state index contributed by atoms with van der Waals surface area (Å²) >= 11 is 0. The average Bonchev–Trinajstić information content (AvgIpc) is 2.22. The van der Waals surface area contributed by atoms with E-state index in [4.69, 9.17) is 10.8 Å². The lowest BCUT2D eigenvalue weighted by molar-refractivity contribution is -0.124. The van der Waals surface area contributed by atoms with Crippen molar-refractivity contribution in [2.24, 2.45) is 11.7 Å². The smallest absolute Gasteiger partial charge is 0.239 e. The van der Waals surface area contributed by atoms with E-state index in [2.05, 4.69) is 5.32 Å². The van der Waals surface area contributed by atoms with Gasteiger partial charge in [0.15, 0.2) is 0 Å². The maximum Gasteiger partial charge on any atom is 0.239 e. The van der Waals surface area contributed by atoms with Gasteiger partial charge in [-0.05, 0) is 25.2 Å². The van der Waals surface area contributed by atoms with Gasteiger partial charge in [0.25, 0.3) is 0 Å². The highest BCUT2D eigenvalue weighted by Crippen LogP contribution is 2.24. The Labute approximate surface area is 89.7 Å². The molecular weight excluding hydrogens is 196 g/mol. The van der Waals surface area contributed by atoms with Crippen LogP contribution in [0.25, 0.3) is 0 Å². The number of nitrogens with two attached hydrogens (primary N) is 1. The molecule has 0 radical (unpaired) electrons. The molecule has 1 aliphatic carbocycles. The summed E-state index contributed by atoms with van der Waals surface area (Å²) in [6.07, 6.45) is 1.99. The molecule has 1 saturated carbocycles. The van der Waals surface area contributed by atoms with Crippen molar-refractivity contribution in [2.45, 2.75) is 44.4 Å². The van der Waals surface area contributed by atoms with Crippen LogP contribution in [0.4, 0.5) is 0 Å². The molecule has 5 heteroatoms. The van der Waals surface area contributed by atoms with E-state index >= 15 is 0 Å². The summed E-state index contributed by atoms with van der Waals surface area (Å²) < 4.78 is 0. The number of carbonyl (C=O) groups excluding carboxylic acids is 1. The molecule has 0 aromatic carbocycles. The van der Waals surface area contributed by atoms with Crippen molar-refractivity contribution in [1.82, 2.24) is 5.32 Å². The lowest BCUT2D eigenvalue weighted by atomic mass is 9.84. The number of aliphatic hydroxyl groups is 2. The zero-order chi connectivity index (χ0) is 11.4. The van der Waals surface area contributed by atoms with E-state index in [9.17, 15) is 9.90 Å². The van der Waals surface area contributed by atoms with Gasteiger partial charge in [-0.2, -0.15) is 0 Å². The highest BCUT2D eigenvalue weighted by atomic mass is 16.3. The van der Waals surface area contributed by atoms with Crippen LogP contribution in [-0.4, -0.2) is 40.9 Å². The highest BCUT2D eigenvalue weighted by Gasteiger charge is 2.27. The maximum absolute atomic E-state index is 11.4. The van der Waals surface area contributed by atoms with E-state index in [0.717, 1.165) is 12.8 Å². The first kappa shape index (κ1) is 12.4. The maximum atomic E-state index is 11.4. The van der Waals surface area contributed by atoms with Crippen LogP contribution in [-0.2, 0) is 4.79 Å². The zero-order valence-electron chi connectivity index (χ0n) is 9.02. The molecule has 15 heavy (non-hydrogen) atoms. The summed E-state index contributed by atoms with van der Waals surface area (Å²) in [5.41, 5.74) is 5.38. The van der Waals surface area contributed by atoms with E-state index in [0.29, 0.717) is 6.42 Å². The molecule has 0 aliphatic heterocycles. The lowest BCUT2D eigenvalue weighted by Gasteiger charge is -2.32. The fourth-order valence-electron chi connectivity index (χ4n) is 1.90. The topological polar surface area (TPSA) is 95.6 Å². The number of carbonyl (C=O) groups is 1. The van der Waals surface area contributed by atoms with Crippen molar-refractivity contribution in [3.63, 3.8) is 0 Å². The third-order valence-electron chi connectivity index (χ3n) is 3.00. The second-order valence-electron chi connectivity index (χ2n) is 4.35. The Morgan fingerprint density at radius 1 is 1.60 bits per heavy atom. The first-order valence-electron chi connectivity index (χ1n) is 5.39. The van der Waals surface area contributed by atoms with Gasteiger partial charge in [-0.1, -0.05) is 6.92 Å². The molecule has 0 aromatic heterocycles.